The first-order chi connectivity index (χ1) is 14.4. The van der Waals surface area contributed by atoms with Crippen molar-refractivity contribution in [1.82, 2.24) is 9.80 Å². The molecule has 0 atom stereocenters. The van der Waals surface area contributed by atoms with Crippen LogP contribution in [0.3, 0.4) is 0 Å². The molecular weight excluding hydrogens is 383 g/mol. The molecule has 164 valence electrons. The summed E-state index contributed by atoms with van der Waals surface area (Å²) in [5, 5.41) is 0. The molecule has 0 fully saturated rings. The van der Waals surface area contributed by atoms with Crippen LogP contribution < -0.4 is 0 Å². The quantitative estimate of drug-likeness (QED) is 0.454. The third kappa shape index (κ3) is 7.65. The number of nitrogens with zero attached hydrogens (tertiary/aromatic N) is 2. The molecule has 2 amide bonds. The Kier molecular flexibility index (Phi) is 9.58. The summed E-state index contributed by atoms with van der Waals surface area (Å²) in [6.07, 6.45) is 4.16. The molecule has 0 saturated heterocycles. The lowest BCUT2D eigenvalue weighted by atomic mass is 10.2. The Bertz CT molecular complexity index is 801. The molecule has 0 aliphatic heterocycles. The van der Waals surface area contributed by atoms with Crippen LogP contribution in [0.2, 0.25) is 0 Å². The molecule has 0 radical (unpaired) electrons. The Balaban J connectivity index is 2.12. The van der Waals surface area contributed by atoms with Crippen molar-refractivity contribution in [2.45, 2.75) is 66.0 Å². The Labute approximate surface area is 178 Å². The van der Waals surface area contributed by atoms with Gasteiger partial charge in [-0.1, -0.05) is 38.8 Å². The van der Waals surface area contributed by atoms with Gasteiger partial charge in [0.05, 0.1) is 13.1 Å². The maximum Gasteiger partial charge on any atom is 0.242 e. The zero-order valence-electron chi connectivity index (χ0n) is 18.3. The predicted molar refractivity (Wildman–Crippen MR) is 115 cm³/mol. The topological polar surface area (TPSA) is 53.8 Å². The van der Waals surface area contributed by atoms with Gasteiger partial charge < -0.3 is 14.2 Å². The van der Waals surface area contributed by atoms with E-state index < -0.39 is 0 Å². The second-order valence-electron chi connectivity index (χ2n) is 7.66. The van der Waals surface area contributed by atoms with Crippen LogP contribution in [0.15, 0.2) is 40.8 Å². The average molecular weight is 417 g/mol. The minimum atomic E-state index is -0.315. The van der Waals surface area contributed by atoms with E-state index in [1.165, 1.54) is 12.1 Å². The van der Waals surface area contributed by atoms with Crippen molar-refractivity contribution in [3.8, 4) is 0 Å². The molecule has 0 spiro atoms. The van der Waals surface area contributed by atoms with E-state index in [1.807, 2.05) is 26.0 Å². The highest BCUT2D eigenvalue weighted by Crippen LogP contribution is 2.15. The van der Waals surface area contributed by atoms with E-state index in [0.29, 0.717) is 31.8 Å². The number of hydrogen-bond donors (Lipinski definition) is 0. The van der Waals surface area contributed by atoms with Crippen LogP contribution in [0.5, 0.6) is 0 Å². The van der Waals surface area contributed by atoms with Crippen LogP contribution in [0.25, 0.3) is 0 Å². The van der Waals surface area contributed by atoms with Crippen molar-refractivity contribution in [1.29, 1.82) is 0 Å². The lowest BCUT2D eigenvalue weighted by Crippen LogP contribution is -2.42. The van der Waals surface area contributed by atoms with Crippen LogP contribution in [-0.4, -0.2) is 34.7 Å². The number of carbonyl (C=O) groups excluding carboxylic acids is 2. The largest absolute Gasteiger partial charge is 0.464 e. The predicted octanol–water partition coefficient (Wildman–Crippen LogP) is 5.07. The highest BCUT2D eigenvalue weighted by molar-refractivity contribution is 5.84. The van der Waals surface area contributed by atoms with Gasteiger partial charge in [-0.3, -0.25) is 9.59 Å². The number of amides is 2. The Morgan fingerprint density at radius 1 is 0.900 bits per heavy atom. The maximum atomic E-state index is 13.3. The first-order valence-corrected chi connectivity index (χ1v) is 10.8. The number of furan rings is 1. The highest BCUT2D eigenvalue weighted by atomic mass is 19.1. The molecule has 2 rings (SSSR count). The van der Waals surface area contributed by atoms with Gasteiger partial charge in [-0.25, -0.2) is 4.39 Å². The van der Waals surface area contributed by atoms with E-state index in [-0.39, 0.29) is 24.2 Å². The summed E-state index contributed by atoms with van der Waals surface area (Å²) in [6, 6.07) is 9.81. The molecule has 0 bridgehead atoms. The molecule has 0 aliphatic rings. The minimum absolute atomic E-state index is 0.0224. The van der Waals surface area contributed by atoms with Crippen LogP contribution in [-0.2, 0) is 22.7 Å². The number of halogens is 1. The SMILES string of the molecule is CCCCCC(=O)N(CCC)CC(=O)N(Cc1ccc(F)cc1)Cc1ccc(C)o1. The second kappa shape index (κ2) is 12.2. The number of rotatable bonds is 12. The maximum absolute atomic E-state index is 13.3. The third-order valence-electron chi connectivity index (χ3n) is 4.95. The van der Waals surface area contributed by atoms with Gasteiger partial charge in [0, 0.05) is 19.5 Å². The number of carbonyl (C=O) groups is 2. The van der Waals surface area contributed by atoms with Crippen molar-refractivity contribution < 1.29 is 18.4 Å². The summed E-state index contributed by atoms with van der Waals surface area (Å²) in [5.74, 6) is 1.02. The Hall–Kier alpha value is -2.63. The normalized spacial score (nSPS) is 10.8. The summed E-state index contributed by atoms with van der Waals surface area (Å²) >= 11 is 0. The molecule has 0 N–H and O–H groups in total. The lowest BCUT2D eigenvalue weighted by Gasteiger charge is -2.27. The summed E-state index contributed by atoms with van der Waals surface area (Å²) in [6.45, 7) is 7.17. The number of benzene rings is 1. The minimum Gasteiger partial charge on any atom is -0.464 e. The van der Waals surface area contributed by atoms with Gasteiger partial charge in [0.2, 0.25) is 11.8 Å². The van der Waals surface area contributed by atoms with Crippen LogP contribution in [0.4, 0.5) is 4.39 Å². The number of aryl methyl sites for hydroxylation is 1. The number of unbranched alkanes of at least 4 members (excludes halogenated alkanes) is 2. The summed E-state index contributed by atoms with van der Waals surface area (Å²) < 4.78 is 18.9. The summed E-state index contributed by atoms with van der Waals surface area (Å²) in [7, 11) is 0. The van der Waals surface area contributed by atoms with E-state index in [0.717, 1.165) is 37.0 Å². The van der Waals surface area contributed by atoms with Gasteiger partial charge in [-0.2, -0.15) is 0 Å². The van der Waals surface area contributed by atoms with Gasteiger partial charge in [-0.05, 0) is 49.6 Å². The van der Waals surface area contributed by atoms with Crippen molar-refractivity contribution in [3.05, 3.63) is 59.3 Å². The van der Waals surface area contributed by atoms with Crippen molar-refractivity contribution in [2.75, 3.05) is 13.1 Å². The second-order valence-corrected chi connectivity index (χ2v) is 7.66. The zero-order chi connectivity index (χ0) is 21.9. The third-order valence-corrected chi connectivity index (χ3v) is 4.95. The van der Waals surface area contributed by atoms with Crippen molar-refractivity contribution in [2.24, 2.45) is 0 Å². The number of hydrogen-bond acceptors (Lipinski definition) is 3. The van der Waals surface area contributed by atoms with E-state index in [2.05, 4.69) is 6.92 Å². The molecule has 1 heterocycles. The fourth-order valence-electron chi connectivity index (χ4n) is 3.31. The van der Waals surface area contributed by atoms with E-state index >= 15 is 0 Å². The fraction of sp³-hybridized carbons (Fsp3) is 0.500. The van der Waals surface area contributed by atoms with E-state index in [4.69, 9.17) is 4.42 Å². The molecule has 2 aromatic rings. The van der Waals surface area contributed by atoms with Crippen molar-refractivity contribution >= 4 is 11.8 Å². The molecule has 0 aliphatic carbocycles. The Morgan fingerprint density at radius 3 is 2.23 bits per heavy atom. The molecule has 6 heteroatoms. The summed E-state index contributed by atoms with van der Waals surface area (Å²) in [5.41, 5.74) is 0.823. The van der Waals surface area contributed by atoms with Gasteiger partial charge in [-0.15, -0.1) is 0 Å². The standard InChI is InChI=1S/C24H33FN2O3/c1-4-6-7-8-23(28)26(15-5-2)18-24(29)27(17-22-14-9-19(3)30-22)16-20-10-12-21(25)13-11-20/h9-14H,4-8,15-18H2,1-3H3. The molecule has 1 aromatic heterocycles. The molecule has 1 aromatic carbocycles. The molecule has 30 heavy (non-hydrogen) atoms. The zero-order valence-corrected chi connectivity index (χ0v) is 18.3. The van der Waals surface area contributed by atoms with E-state index in [9.17, 15) is 14.0 Å². The Morgan fingerprint density at radius 2 is 1.63 bits per heavy atom. The lowest BCUT2D eigenvalue weighted by molar-refractivity contribution is -0.141. The average Bonchev–Trinajstić information content (AvgIpc) is 3.13. The smallest absolute Gasteiger partial charge is 0.242 e. The van der Waals surface area contributed by atoms with Gasteiger partial charge in [0.25, 0.3) is 0 Å². The van der Waals surface area contributed by atoms with Gasteiger partial charge in [0.15, 0.2) is 0 Å². The highest BCUT2D eigenvalue weighted by Gasteiger charge is 2.22. The van der Waals surface area contributed by atoms with E-state index in [1.54, 1.807) is 21.9 Å². The first-order valence-electron chi connectivity index (χ1n) is 10.8. The fourth-order valence-corrected chi connectivity index (χ4v) is 3.31. The molecule has 0 unspecified atom stereocenters. The molecular formula is C24H33FN2O3. The molecule has 0 saturated carbocycles. The van der Waals surface area contributed by atoms with Gasteiger partial charge >= 0.3 is 0 Å². The van der Waals surface area contributed by atoms with Gasteiger partial charge in [0.1, 0.15) is 17.3 Å². The summed E-state index contributed by atoms with van der Waals surface area (Å²) in [4.78, 5) is 29.1. The van der Waals surface area contributed by atoms with Crippen LogP contribution in [0.1, 0.15) is 63.0 Å². The molecule has 5 nitrogen and oxygen atoms in total. The van der Waals surface area contributed by atoms with Crippen LogP contribution in [0, 0.1) is 12.7 Å². The van der Waals surface area contributed by atoms with Crippen molar-refractivity contribution in [3.63, 3.8) is 0 Å². The monoisotopic (exact) mass is 416 g/mol. The van der Waals surface area contributed by atoms with Crippen LogP contribution >= 0.6 is 0 Å². The first kappa shape index (κ1) is 23.6.